The highest BCUT2D eigenvalue weighted by molar-refractivity contribution is 6.05. The van der Waals surface area contributed by atoms with Crippen LogP contribution in [0.2, 0.25) is 0 Å². The van der Waals surface area contributed by atoms with Crippen molar-refractivity contribution in [1.29, 1.82) is 0 Å². The fourth-order valence-corrected chi connectivity index (χ4v) is 2.06. The van der Waals surface area contributed by atoms with E-state index in [1.165, 1.54) is 0 Å². The molecule has 20 heavy (non-hydrogen) atoms. The third-order valence-electron chi connectivity index (χ3n) is 2.93. The van der Waals surface area contributed by atoms with Gasteiger partial charge in [0.1, 0.15) is 0 Å². The van der Waals surface area contributed by atoms with Gasteiger partial charge in [-0.15, -0.1) is 0 Å². The number of carbonyl (C=O) groups excluding carboxylic acids is 1. The molecule has 104 valence electrons. The first kappa shape index (κ1) is 14.1. The van der Waals surface area contributed by atoms with Crippen molar-refractivity contribution in [2.75, 3.05) is 18.2 Å². The highest BCUT2D eigenvalue weighted by atomic mass is 16.5. The molecule has 4 heteroatoms. The lowest BCUT2D eigenvalue weighted by atomic mass is 10.1. The van der Waals surface area contributed by atoms with E-state index in [0.29, 0.717) is 17.9 Å². The van der Waals surface area contributed by atoms with Crippen molar-refractivity contribution in [2.24, 2.45) is 0 Å². The number of nitrogens with two attached hydrogens (primary N) is 1. The standard InChI is InChI=1S/C16H18N2O2/c1-11-7-13(9-14(17)8-11)16(19)18-15-6-4-3-5-12(15)10-20-2/h3-9H,10,17H2,1-2H3,(H,18,19). The molecule has 0 spiro atoms. The molecule has 1 amide bonds. The van der Waals surface area contributed by atoms with Crippen molar-refractivity contribution in [2.45, 2.75) is 13.5 Å². The summed E-state index contributed by atoms with van der Waals surface area (Å²) in [6, 6.07) is 12.9. The van der Waals surface area contributed by atoms with Crippen LogP contribution in [-0.4, -0.2) is 13.0 Å². The average Bonchev–Trinajstić information content (AvgIpc) is 2.40. The van der Waals surface area contributed by atoms with Gasteiger partial charge in [-0.3, -0.25) is 4.79 Å². The van der Waals surface area contributed by atoms with E-state index in [4.69, 9.17) is 10.5 Å². The molecular weight excluding hydrogens is 252 g/mol. The average molecular weight is 270 g/mol. The number of nitrogens with one attached hydrogen (secondary N) is 1. The zero-order valence-electron chi connectivity index (χ0n) is 11.6. The van der Waals surface area contributed by atoms with Crippen LogP contribution in [0.3, 0.4) is 0 Å². The molecule has 2 rings (SSSR count). The van der Waals surface area contributed by atoms with Gasteiger partial charge in [0.25, 0.3) is 5.91 Å². The van der Waals surface area contributed by atoms with Crippen molar-refractivity contribution < 1.29 is 9.53 Å². The van der Waals surface area contributed by atoms with E-state index in [-0.39, 0.29) is 5.91 Å². The second-order valence-electron chi connectivity index (χ2n) is 4.68. The maximum atomic E-state index is 12.3. The fraction of sp³-hybridized carbons (Fsp3) is 0.188. The van der Waals surface area contributed by atoms with Crippen LogP contribution in [0.1, 0.15) is 21.5 Å². The number of nitrogen functional groups attached to an aromatic ring is 1. The second kappa shape index (κ2) is 6.21. The molecule has 2 aromatic rings. The van der Waals surface area contributed by atoms with E-state index < -0.39 is 0 Å². The Morgan fingerprint density at radius 3 is 2.70 bits per heavy atom. The zero-order valence-corrected chi connectivity index (χ0v) is 11.6. The van der Waals surface area contributed by atoms with Gasteiger partial charge in [-0.2, -0.15) is 0 Å². The molecular formula is C16H18N2O2. The first-order valence-electron chi connectivity index (χ1n) is 6.35. The lowest BCUT2D eigenvalue weighted by molar-refractivity contribution is 0.102. The van der Waals surface area contributed by atoms with Crippen LogP contribution >= 0.6 is 0 Å². The topological polar surface area (TPSA) is 64.3 Å². The number of rotatable bonds is 4. The number of hydrogen-bond donors (Lipinski definition) is 2. The number of benzene rings is 2. The van der Waals surface area contributed by atoms with Crippen molar-refractivity contribution in [3.63, 3.8) is 0 Å². The zero-order chi connectivity index (χ0) is 14.5. The summed E-state index contributed by atoms with van der Waals surface area (Å²) in [6.45, 7) is 2.36. The van der Waals surface area contributed by atoms with Crippen LogP contribution < -0.4 is 11.1 Å². The Morgan fingerprint density at radius 1 is 1.25 bits per heavy atom. The van der Waals surface area contributed by atoms with Crippen molar-refractivity contribution in [3.8, 4) is 0 Å². The molecule has 3 N–H and O–H groups in total. The van der Waals surface area contributed by atoms with E-state index in [0.717, 1.165) is 16.8 Å². The predicted octanol–water partition coefficient (Wildman–Crippen LogP) is 2.98. The van der Waals surface area contributed by atoms with E-state index in [1.807, 2.05) is 43.3 Å². The van der Waals surface area contributed by atoms with E-state index in [1.54, 1.807) is 13.2 Å². The molecule has 0 aliphatic rings. The second-order valence-corrected chi connectivity index (χ2v) is 4.68. The molecule has 0 saturated heterocycles. The number of hydrogen-bond acceptors (Lipinski definition) is 3. The Labute approximate surface area is 118 Å². The SMILES string of the molecule is COCc1ccccc1NC(=O)c1cc(C)cc(N)c1. The monoisotopic (exact) mass is 270 g/mol. The predicted molar refractivity (Wildman–Crippen MR) is 80.7 cm³/mol. The van der Waals surface area contributed by atoms with Gasteiger partial charge < -0.3 is 15.8 Å². The Morgan fingerprint density at radius 2 is 2.00 bits per heavy atom. The van der Waals surface area contributed by atoms with E-state index in [2.05, 4.69) is 5.32 Å². The minimum absolute atomic E-state index is 0.177. The van der Waals surface area contributed by atoms with Crippen LogP contribution in [0.25, 0.3) is 0 Å². The molecule has 4 nitrogen and oxygen atoms in total. The Kier molecular flexibility index (Phi) is 4.38. The molecule has 0 aliphatic heterocycles. The summed E-state index contributed by atoms with van der Waals surface area (Å²) in [4.78, 5) is 12.3. The van der Waals surface area contributed by atoms with Crippen LogP contribution in [0.4, 0.5) is 11.4 Å². The minimum atomic E-state index is -0.177. The van der Waals surface area contributed by atoms with Gasteiger partial charge in [-0.05, 0) is 36.8 Å². The van der Waals surface area contributed by atoms with Crippen LogP contribution in [0, 0.1) is 6.92 Å². The van der Waals surface area contributed by atoms with Gasteiger partial charge in [0.05, 0.1) is 6.61 Å². The summed E-state index contributed by atoms with van der Waals surface area (Å²) in [6.07, 6.45) is 0. The smallest absolute Gasteiger partial charge is 0.255 e. The number of ether oxygens (including phenoxy) is 1. The molecule has 0 atom stereocenters. The van der Waals surface area contributed by atoms with Gasteiger partial charge in [-0.25, -0.2) is 0 Å². The summed E-state index contributed by atoms with van der Waals surface area (Å²) in [5, 5.41) is 2.89. The largest absolute Gasteiger partial charge is 0.399 e. The van der Waals surface area contributed by atoms with E-state index in [9.17, 15) is 4.79 Å². The van der Waals surface area contributed by atoms with E-state index >= 15 is 0 Å². The number of para-hydroxylation sites is 1. The lowest BCUT2D eigenvalue weighted by Crippen LogP contribution is -2.14. The molecule has 0 saturated carbocycles. The molecule has 0 bridgehead atoms. The third kappa shape index (κ3) is 3.36. The number of amides is 1. The highest BCUT2D eigenvalue weighted by Crippen LogP contribution is 2.18. The Balaban J connectivity index is 2.23. The Bertz CT molecular complexity index is 603. The first-order valence-corrected chi connectivity index (χ1v) is 6.35. The lowest BCUT2D eigenvalue weighted by Gasteiger charge is -2.11. The summed E-state index contributed by atoms with van der Waals surface area (Å²) in [7, 11) is 1.62. The van der Waals surface area contributed by atoms with Crippen LogP contribution in [0.5, 0.6) is 0 Å². The maximum Gasteiger partial charge on any atom is 0.255 e. The molecule has 0 aromatic heterocycles. The summed E-state index contributed by atoms with van der Waals surface area (Å²) >= 11 is 0. The molecule has 0 unspecified atom stereocenters. The van der Waals surface area contributed by atoms with Crippen molar-refractivity contribution >= 4 is 17.3 Å². The van der Waals surface area contributed by atoms with Crippen LogP contribution in [-0.2, 0) is 11.3 Å². The summed E-state index contributed by atoms with van der Waals surface area (Å²) in [5.74, 6) is -0.177. The normalized spacial score (nSPS) is 10.3. The molecule has 0 heterocycles. The summed E-state index contributed by atoms with van der Waals surface area (Å²) < 4.78 is 5.12. The number of carbonyl (C=O) groups is 1. The van der Waals surface area contributed by atoms with Gasteiger partial charge in [0.2, 0.25) is 0 Å². The highest BCUT2D eigenvalue weighted by Gasteiger charge is 2.09. The van der Waals surface area contributed by atoms with Crippen molar-refractivity contribution in [1.82, 2.24) is 0 Å². The quantitative estimate of drug-likeness (QED) is 0.839. The number of aryl methyl sites for hydroxylation is 1. The van der Waals surface area contributed by atoms with Crippen molar-refractivity contribution in [3.05, 3.63) is 59.2 Å². The molecule has 2 aromatic carbocycles. The molecule has 0 fully saturated rings. The maximum absolute atomic E-state index is 12.3. The molecule has 0 radical (unpaired) electrons. The number of methoxy groups -OCH3 is 1. The minimum Gasteiger partial charge on any atom is -0.399 e. The first-order chi connectivity index (χ1) is 9.60. The molecule has 0 aliphatic carbocycles. The van der Waals surface area contributed by atoms with Gasteiger partial charge in [0.15, 0.2) is 0 Å². The number of anilines is 2. The van der Waals surface area contributed by atoms with Gasteiger partial charge in [-0.1, -0.05) is 18.2 Å². The summed E-state index contributed by atoms with van der Waals surface area (Å²) in [5.41, 5.74) is 9.54. The van der Waals surface area contributed by atoms with Gasteiger partial charge >= 0.3 is 0 Å². The fourth-order valence-electron chi connectivity index (χ4n) is 2.06. The van der Waals surface area contributed by atoms with Gasteiger partial charge in [0, 0.05) is 29.6 Å². The third-order valence-corrected chi connectivity index (χ3v) is 2.93. The Hall–Kier alpha value is -2.33. The van der Waals surface area contributed by atoms with Crippen LogP contribution in [0.15, 0.2) is 42.5 Å².